The molecule has 1 saturated carbocycles. The van der Waals surface area contributed by atoms with Gasteiger partial charge in [-0.25, -0.2) is 14.4 Å². The lowest BCUT2D eigenvalue weighted by atomic mass is 9.90. The second-order valence-corrected chi connectivity index (χ2v) is 9.92. The maximum atomic E-state index is 14.4. The third-order valence-corrected chi connectivity index (χ3v) is 7.54. The number of ether oxygens (including phenoxy) is 1. The number of hydrogen-bond donors (Lipinski definition) is 0. The first kappa shape index (κ1) is 22.4. The van der Waals surface area contributed by atoms with Gasteiger partial charge < -0.3 is 14.5 Å². The molecule has 1 aromatic carbocycles. The van der Waals surface area contributed by atoms with Crippen molar-refractivity contribution in [2.24, 2.45) is 17.8 Å². The van der Waals surface area contributed by atoms with Crippen LogP contribution in [-0.2, 0) is 11.2 Å². The van der Waals surface area contributed by atoms with Crippen LogP contribution < -0.4 is 9.64 Å². The molecule has 3 heterocycles. The van der Waals surface area contributed by atoms with Gasteiger partial charge in [-0.05, 0) is 61.5 Å². The maximum absolute atomic E-state index is 14.4. The van der Waals surface area contributed by atoms with E-state index in [1.165, 1.54) is 12.5 Å². The number of carbonyl (C=O) groups is 1. The van der Waals surface area contributed by atoms with Gasteiger partial charge in [-0.2, -0.15) is 0 Å². The van der Waals surface area contributed by atoms with E-state index in [4.69, 9.17) is 16.3 Å². The highest BCUT2D eigenvalue weighted by molar-refractivity contribution is 6.30. The minimum absolute atomic E-state index is 0.000110. The summed E-state index contributed by atoms with van der Waals surface area (Å²) in [5.41, 5.74) is 0.442. The summed E-state index contributed by atoms with van der Waals surface area (Å²) in [6.07, 6.45) is 9.06. The first-order chi connectivity index (χ1) is 16.1. The number of hydrogen-bond acceptors (Lipinski definition) is 5. The smallest absolute Gasteiger partial charge is 0.227 e. The number of halogens is 2. The Balaban J connectivity index is 1.02. The Labute approximate surface area is 199 Å². The summed E-state index contributed by atoms with van der Waals surface area (Å²) in [6.45, 7) is 4.15. The maximum Gasteiger partial charge on any atom is 0.227 e. The number of likely N-dealkylation sites (tertiary alicyclic amines) is 1. The minimum atomic E-state index is -0.359. The third kappa shape index (κ3) is 5.40. The van der Waals surface area contributed by atoms with Crippen molar-refractivity contribution in [2.45, 2.75) is 38.5 Å². The lowest BCUT2D eigenvalue weighted by Gasteiger charge is -2.32. The summed E-state index contributed by atoms with van der Waals surface area (Å²) in [5, 5.41) is 0.563. The first-order valence-electron chi connectivity index (χ1n) is 12.0. The van der Waals surface area contributed by atoms with Gasteiger partial charge in [-0.15, -0.1) is 0 Å². The fraction of sp³-hybridized carbons (Fsp3) is 0.560. The molecule has 8 heteroatoms. The van der Waals surface area contributed by atoms with Crippen molar-refractivity contribution < 1.29 is 13.9 Å². The van der Waals surface area contributed by atoms with Gasteiger partial charge in [-0.3, -0.25) is 4.79 Å². The fourth-order valence-corrected chi connectivity index (χ4v) is 5.20. The van der Waals surface area contributed by atoms with Crippen LogP contribution in [0.15, 0.2) is 30.6 Å². The molecule has 33 heavy (non-hydrogen) atoms. The molecular weight excluding hydrogens is 443 g/mol. The monoisotopic (exact) mass is 472 g/mol. The molecule has 2 saturated heterocycles. The Bertz CT molecular complexity index is 977. The third-order valence-electron chi connectivity index (χ3n) is 7.34. The van der Waals surface area contributed by atoms with E-state index in [0.717, 1.165) is 69.6 Å². The lowest BCUT2D eigenvalue weighted by Crippen LogP contribution is -2.42. The van der Waals surface area contributed by atoms with Gasteiger partial charge in [0.05, 0.1) is 30.4 Å². The molecule has 6 nitrogen and oxygen atoms in total. The Hall–Kier alpha value is -2.41. The SMILES string of the molecule is O=C(Cc1ccc(OCC[C@@H]2CC2C2CCN(c3ncc(Cl)cn3)CC2)cc1F)N1CCC1. The Morgan fingerprint density at radius 1 is 1.15 bits per heavy atom. The molecule has 3 fully saturated rings. The molecule has 0 N–H and O–H groups in total. The molecule has 2 atom stereocenters. The highest BCUT2D eigenvalue weighted by Crippen LogP contribution is 2.49. The minimum Gasteiger partial charge on any atom is -0.493 e. The molecule has 1 unspecified atom stereocenters. The van der Waals surface area contributed by atoms with Crippen molar-refractivity contribution in [2.75, 3.05) is 37.7 Å². The van der Waals surface area contributed by atoms with Crippen molar-refractivity contribution in [1.29, 1.82) is 0 Å². The number of piperidine rings is 1. The van der Waals surface area contributed by atoms with Crippen molar-refractivity contribution >= 4 is 23.5 Å². The van der Waals surface area contributed by atoms with E-state index in [2.05, 4.69) is 14.9 Å². The van der Waals surface area contributed by atoms with Crippen molar-refractivity contribution in [3.05, 3.63) is 47.0 Å². The average molecular weight is 473 g/mol. The number of benzene rings is 1. The van der Waals surface area contributed by atoms with Crippen LogP contribution in [0.1, 0.15) is 37.7 Å². The van der Waals surface area contributed by atoms with Crippen LogP contribution in [-0.4, -0.2) is 53.6 Å². The van der Waals surface area contributed by atoms with Crippen LogP contribution in [0, 0.1) is 23.6 Å². The summed E-state index contributed by atoms with van der Waals surface area (Å²) >= 11 is 5.88. The molecule has 0 spiro atoms. The Morgan fingerprint density at radius 2 is 1.91 bits per heavy atom. The Kier molecular flexibility index (Phi) is 6.67. The van der Waals surface area contributed by atoms with Gasteiger partial charge in [0.1, 0.15) is 11.6 Å². The zero-order chi connectivity index (χ0) is 22.8. The van der Waals surface area contributed by atoms with Crippen LogP contribution in [0.5, 0.6) is 5.75 Å². The van der Waals surface area contributed by atoms with Crippen LogP contribution in [0.4, 0.5) is 10.3 Å². The van der Waals surface area contributed by atoms with Crippen molar-refractivity contribution in [3.8, 4) is 5.75 Å². The topological polar surface area (TPSA) is 58.6 Å². The van der Waals surface area contributed by atoms with Crippen molar-refractivity contribution in [1.82, 2.24) is 14.9 Å². The number of carbonyl (C=O) groups excluding carboxylic acids is 1. The summed E-state index contributed by atoms with van der Waals surface area (Å²) in [5.74, 6) is 3.17. The number of anilines is 1. The standard InChI is InChI=1S/C25H30ClFN4O2/c26-20-15-28-25(29-16-20)31-9-4-17(5-10-31)22-12-18(22)6-11-33-21-3-2-19(23(27)14-21)13-24(32)30-7-1-8-30/h2-3,14-18,22H,1,4-13H2/t18-,22?/m1/s1. The molecule has 2 aromatic rings. The van der Waals surface area contributed by atoms with Crippen LogP contribution in [0.3, 0.4) is 0 Å². The predicted octanol–water partition coefficient (Wildman–Crippen LogP) is 4.37. The number of rotatable bonds is 8. The summed E-state index contributed by atoms with van der Waals surface area (Å²) in [6, 6.07) is 4.87. The van der Waals surface area contributed by atoms with Gasteiger partial charge in [0, 0.05) is 32.2 Å². The van der Waals surface area contributed by atoms with Crippen LogP contribution in [0.2, 0.25) is 5.02 Å². The predicted molar refractivity (Wildman–Crippen MR) is 125 cm³/mol. The fourth-order valence-electron chi connectivity index (χ4n) is 5.11. The van der Waals surface area contributed by atoms with Crippen LogP contribution >= 0.6 is 11.6 Å². The van der Waals surface area contributed by atoms with Gasteiger partial charge in [0.15, 0.2) is 0 Å². The summed E-state index contributed by atoms with van der Waals surface area (Å²) < 4.78 is 20.2. The van der Waals surface area contributed by atoms with Gasteiger partial charge in [0.2, 0.25) is 11.9 Å². The molecule has 1 aromatic heterocycles. The van der Waals surface area contributed by atoms with Crippen LogP contribution in [0.25, 0.3) is 0 Å². The zero-order valence-electron chi connectivity index (χ0n) is 18.8. The molecule has 0 radical (unpaired) electrons. The van der Waals surface area contributed by atoms with Gasteiger partial charge in [-0.1, -0.05) is 17.7 Å². The lowest BCUT2D eigenvalue weighted by molar-refractivity contribution is -0.133. The molecule has 176 valence electrons. The molecule has 5 rings (SSSR count). The summed E-state index contributed by atoms with van der Waals surface area (Å²) in [7, 11) is 0. The van der Waals surface area contributed by atoms with Gasteiger partial charge >= 0.3 is 0 Å². The van der Waals surface area contributed by atoms with E-state index in [0.29, 0.717) is 28.9 Å². The summed E-state index contributed by atoms with van der Waals surface area (Å²) in [4.78, 5) is 24.7. The number of aromatic nitrogens is 2. The highest BCUT2D eigenvalue weighted by atomic mass is 35.5. The molecule has 1 amide bonds. The first-order valence-corrected chi connectivity index (χ1v) is 12.4. The molecular formula is C25H30ClFN4O2. The quantitative estimate of drug-likeness (QED) is 0.571. The van der Waals surface area contributed by atoms with Crippen molar-refractivity contribution in [3.63, 3.8) is 0 Å². The van der Waals surface area contributed by atoms with E-state index in [1.54, 1.807) is 29.4 Å². The number of amides is 1. The molecule has 0 bridgehead atoms. The van der Waals surface area contributed by atoms with Gasteiger partial charge in [0.25, 0.3) is 0 Å². The normalized spacial score (nSPS) is 22.7. The largest absolute Gasteiger partial charge is 0.493 e. The molecule has 2 aliphatic heterocycles. The van der Waals surface area contributed by atoms with E-state index < -0.39 is 0 Å². The second kappa shape index (κ2) is 9.84. The number of nitrogens with zero attached hydrogens (tertiary/aromatic N) is 4. The van der Waals surface area contributed by atoms with E-state index in [-0.39, 0.29) is 18.1 Å². The highest BCUT2D eigenvalue weighted by Gasteiger charge is 2.43. The average Bonchev–Trinajstić information content (AvgIpc) is 3.55. The van der Waals surface area contributed by atoms with E-state index in [9.17, 15) is 9.18 Å². The molecule has 1 aliphatic carbocycles. The van der Waals surface area contributed by atoms with E-state index >= 15 is 0 Å². The zero-order valence-corrected chi connectivity index (χ0v) is 19.5. The Morgan fingerprint density at radius 3 is 2.58 bits per heavy atom. The second-order valence-electron chi connectivity index (χ2n) is 9.49. The molecule has 3 aliphatic rings. The van der Waals surface area contributed by atoms with E-state index in [1.807, 2.05) is 0 Å².